The molecule has 68 heavy (non-hydrogen) atoms. The minimum Gasteiger partial charge on any atom is -0.458 e. The summed E-state index contributed by atoms with van der Waals surface area (Å²) in [5.74, 6) is -3.03. The third-order valence-corrected chi connectivity index (χ3v) is 13.8. The number of hydrogen-bond donors (Lipinski definition) is 4. The van der Waals surface area contributed by atoms with E-state index < -0.39 is 41.1 Å². The molecule has 0 radical (unpaired) electrons. The summed E-state index contributed by atoms with van der Waals surface area (Å²) < 4.78 is 27.8. The summed E-state index contributed by atoms with van der Waals surface area (Å²) >= 11 is 0. The fourth-order valence-electron chi connectivity index (χ4n) is 10.0. The number of fused-ring (bicyclic) bond motifs is 5. The van der Waals surface area contributed by atoms with Gasteiger partial charge in [-0.1, -0.05) is 25.5 Å². The first-order valence-electron chi connectivity index (χ1n) is 22.9. The van der Waals surface area contributed by atoms with Gasteiger partial charge in [0.1, 0.15) is 25.1 Å². The molecule has 6 heterocycles. The minimum absolute atomic E-state index is 0.0259. The smallest absolute Gasteiger partial charge is 0.407 e. The summed E-state index contributed by atoms with van der Waals surface area (Å²) in [7, 11) is 0. The van der Waals surface area contributed by atoms with Gasteiger partial charge in [0.2, 0.25) is 17.7 Å². The summed E-state index contributed by atoms with van der Waals surface area (Å²) in [5.41, 5.74) is 2.61. The van der Waals surface area contributed by atoms with Crippen molar-refractivity contribution in [3.8, 4) is 11.4 Å². The zero-order valence-electron chi connectivity index (χ0n) is 37.6. The number of benzene rings is 2. The number of nitrogens with one attached hydrogen (secondary N) is 3. The van der Waals surface area contributed by atoms with E-state index in [4.69, 9.17) is 14.5 Å². The van der Waals surface area contributed by atoms with Gasteiger partial charge in [-0.05, 0) is 92.3 Å². The topological polar surface area (TPSA) is 236 Å². The van der Waals surface area contributed by atoms with E-state index in [-0.39, 0.29) is 86.4 Å². The number of carbonyl (C=O) groups is 7. The molecule has 1 fully saturated rings. The molecule has 0 saturated carbocycles. The highest BCUT2D eigenvalue weighted by Gasteiger charge is 2.46. The lowest BCUT2D eigenvalue weighted by Crippen LogP contribution is -2.47. The van der Waals surface area contributed by atoms with E-state index in [1.165, 1.54) is 27.7 Å². The number of hydrogen-bond acceptors (Lipinski definition) is 12. The predicted octanol–water partition coefficient (Wildman–Crippen LogP) is 3.97. The number of pyridine rings is 2. The Kier molecular flexibility index (Phi) is 12.4. The highest BCUT2D eigenvalue weighted by molar-refractivity contribution is 6.12. The third kappa shape index (κ3) is 8.39. The molecule has 0 spiro atoms. The molecule has 5 aliphatic rings. The van der Waals surface area contributed by atoms with Crippen LogP contribution in [-0.2, 0) is 70.0 Å². The molecule has 4 N–H and O–H groups in total. The molecule has 4 aliphatic heterocycles. The Labute approximate surface area is 388 Å². The summed E-state index contributed by atoms with van der Waals surface area (Å²) in [4.78, 5) is 110. The number of alkyl carbamates (subject to hydrolysis) is 1. The van der Waals surface area contributed by atoms with E-state index in [2.05, 4.69) is 16.0 Å². The Balaban J connectivity index is 0.802. The van der Waals surface area contributed by atoms with Crippen molar-refractivity contribution in [2.24, 2.45) is 0 Å². The maximum atomic E-state index is 15.4. The molecule has 9 rings (SSSR count). The Morgan fingerprint density at radius 1 is 0.985 bits per heavy atom. The second kappa shape index (κ2) is 18.4. The summed E-state index contributed by atoms with van der Waals surface area (Å²) in [6, 6.07) is 8.31. The molecule has 19 heteroatoms. The van der Waals surface area contributed by atoms with Gasteiger partial charge in [-0.15, -0.1) is 0 Å². The molecule has 4 aromatic rings. The molecule has 18 nitrogen and oxygen atoms in total. The van der Waals surface area contributed by atoms with Crippen molar-refractivity contribution in [3.63, 3.8) is 0 Å². The van der Waals surface area contributed by atoms with Crippen molar-refractivity contribution in [2.45, 2.75) is 109 Å². The Morgan fingerprint density at radius 2 is 1.75 bits per heavy atom. The molecule has 1 aliphatic carbocycles. The Bertz CT molecular complexity index is 2900. The molecular weight excluding hydrogens is 882 g/mol. The number of anilines is 1. The van der Waals surface area contributed by atoms with Crippen molar-refractivity contribution in [1.82, 2.24) is 30.0 Å². The van der Waals surface area contributed by atoms with Crippen molar-refractivity contribution >= 4 is 58.2 Å². The summed E-state index contributed by atoms with van der Waals surface area (Å²) in [6.45, 7) is 3.40. The monoisotopic (exact) mass is 931 g/mol. The van der Waals surface area contributed by atoms with Crippen molar-refractivity contribution in [1.29, 1.82) is 0 Å². The van der Waals surface area contributed by atoms with E-state index in [1.54, 1.807) is 44.2 Å². The number of esters is 1. The number of unbranched alkanes of at least 4 members (excludes halogenated alkanes) is 2. The van der Waals surface area contributed by atoms with Gasteiger partial charge in [0.05, 0.1) is 41.6 Å². The van der Waals surface area contributed by atoms with Crippen LogP contribution in [0.5, 0.6) is 0 Å². The fraction of sp³-hybridized carbons (Fsp3) is 0.408. The maximum absolute atomic E-state index is 15.4. The second-order valence-corrected chi connectivity index (χ2v) is 17.8. The molecule has 354 valence electrons. The lowest BCUT2D eigenvalue weighted by atomic mass is 9.81. The van der Waals surface area contributed by atoms with E-state index in [0.29, 0.717) is 102 Å². The lowest BCUT2D eigenvalue weighted by Gasteiger charge is -2.31. The lowest BCUT2D eigenvalue weighted by molar-refractivity contribution is -0.172. The fourth-order valence-corrected chi connectivity index (χ4v) is 10.0. The van der Waals surface area contributed by atoms with Crippen LogP contribution in [0.1, 0.15) is 103 Å². The Morgan fingerprint density at radius 3 is 2.50 bits per heavy atom. The number of aromatic nitrogens is 2. The first kappa shape index (κ1) is 45.9. The highest BCUT2D eigenvalue weighted by Crippen LogP contribution is 2.46. The molecule has 0 bridgehead atoms. The van der Waals surface area contributed by atoms with Crippen LogP contribution in [-0.4, -0.2) is 91.7 Å². The van der Waals surface area contributed by atoms with Crippen LogP contribution in [0.25, 0.3) is 22.3 Å². The number of aliphatic hydroxyl groups is 1. The number of carbonyl (C=O) groups excluding carboxylic acids is 7. The summed E-state index contributed by atoms with van der Waals surface area (Å²) in [5, 5.41) is 20.5. The van der Waals surface area contributed by atoms with E-state index in [1.807, 2.05) is 0 Å². The molecule has 0 unspecified atom stereocenters. The predicted molar refractivity (Wildman–Crippen MR) is 241 cm³/mol. The van der Waals surface area contributed by atoms with Gasteiger partial charge in [0.25, 0.3) is 17.4 Å². The summed E-state index contributed by atoms with van der Waals surface area (Å²) in [6.07, 6.45) is 5.51. The first-order valence-corrected chi connectivity index (χ1v) is 22.9. The number of imide groups is 1. The standard InChI is InChI=1S/C49H50FN7O11/c1-3-49(66)32-20-37-44-30(23-57(37)46(63)31(32)25-67-47(49)64)43-34(15-14-29-26(2)33(50)21-35(53-44)42(29)43)54-48(65)68-24-27-10-12-28(13-11-27)52-45(62)36-8-7-19-55(36)41(61)22-51-38(58)9-5-4-6-18-56-39(59)16-17-40(56)60/h10-13,16-17,20-21,34,36,66H,3-9,14-15,18-19,22-25H2,1-2H3,(H,51,58)(H,52,62)(H,54,65)/t34-,36-,49-/m0/s1. The van der Waals surface area contributed by atoms with Gasteiger partial charge in [-0.25, -0.2) is 19.0 Å². The van der Waals surface area contributed by atoms with Crippen LogP contribution in [0, 0.1) is 12.7 Å². The van der Waals surface area contributed by atoms with E-state index in [9.17, 15) is 43.5 Å². The number of rotatable bonds is 14. The van der Waals surface area contributed by atoms with Crippen LogP contribution in [0.15, 0.2) is 53.3 Å². The molecule has 2 aromatic heterocycles. The van der Waals surface area contributed by atoms with Gasteiger partial charge in [0, 0.05) is 59.9 Å². The SMILES string of the molecule is CC[C@@]1(O)C(=O)OCc2c1cc1n(c2=O)Cc2c-1nc1cc(F)c(C)c3c1c2[C@@H](NC(=O)OCc1ccc(NC(=O)[C@@H]2CCCN2C(=O)CNC(=O)CCCCCN2C(=O)C=CC2=O)cc1)CC3. The molecule has 6 amide bonds. The normalized spacial score (nSPS) is 20.0. The number of amides is 6. The number of ether oxygens (including phenoxy) is 2. The van der Waals surface area contributed by atoms with Gasteiger partial charge < -0.3 is 40.0 Å². The average Bonchev–Trinajstić information content (AvgIpc) is 4.06. The first-order chi connectivity index (χ1) is 32.7. The largest absolute Gasteiger partial charge is 0.458 e. The quantitative estimate of drug-likeness (QED) is 0.0704. The molecule has 1 saturated heterocycles. The van der Waals surface area contributed by atoms with Gasteiger partial charge in [-0.2, -0.15) is 0 Å². The molecular formula is C49H50FN7O11. The minimum atomic E-state index is -2.02. The maximum Gasteiger partial charge on any atom is 0.407 e. The highest BCUT2D eigenvalue weighted by atomic mass is 19.1. The van der Waals surface area contributed by atoms with Crippen molar-refractivity contribution in [2.75, 3.05) is 25.0 Å². The van der Waals surface area contributed by atoms with Crippen LogP contribution >= 0.6 is 0 Å². The molecule has 2 aromatic carbocycles. The second-order valence-electron chi connectivity index (χ2n) is 17.8. The van der Waals surface area contributed by atoms with Crippen LogP contribution in [0.2, 0.25) is 0 Å². The average molecular weight is 932 g/mol. The zero-order valence-corrected chi connectivity index (χ0v) is 37.6. The number of halogens is 1. The van der Waals surface area contributed by atoms with Gasteiger partial charge in [0.15, 0.2) is 5.60 Å². The van der Waals surface area contributed by atoms with E-state index in [0.717, 1.165) is 10.5 Å². The van der Waals surface area contributed by atoms with Gasteiger partial charge in [-0.3, -0.25) is 33.7 Å². The number of cyclic esters (lactones) is 1. The van der Waals surface area contributed by atoms with Gasteiger partial charge >= 0.3 is 12.1 Å². The Hall–Kier alpha value is -7.28. The number of nitrogens with zero attached hydrogens (tertiary/aromatic N) is 4. The van der Waals surface area contributed by atoms with Crippen LogP contribution in [0.4, 0.5) is 14.9 Å². The number of aryl methyl sites for hydroxylation is 1. The number of likely N-dealkylation sites (tertiary alicyclic amines) is 1. The zero-order chi connectivity index (χ0) is 48.0. The third-order valence-electron chi connectivity index (χ3n) is 13.8. The molecule has 3 atom stereocenters. The van der Waals surface area contributed by atoms with E-state index >= 15 is 4.39 Å². The van der Waals surface area contributed by atoms with Crippen molar-refractivity contribution in [3.05, 3.63) is 104 Å². The van der Waals surface area contributed by atoms with Crippen molar-refractivity contribution < 1.29 is 52.5 Å². The van der Waals surface area contributed by atoms with Crippen LogP contribution < -0.4 is 21.5 Å². The van der Waals surface area contributed by atoms with Crippen LogP contribution in [0.3, 0.4) is 0 Å².